The number of H-pyrrole nitrogens is 1. The van der Waals surface area contributed by atoms with Crippen molar-refractivity contribution in [2.24, 2.45) is 0 Å². The zero-order valence-corrected chi connectivity index (χ0v) is 11.9. The van der Waals surface area contributed by atoms with Crippen LogP contribution >= 0.6 is 22.6 Å². The molecule has 0 spiro atoms. The molecule has 0 fully saturated rings. The first kappa shape index (κ1) is 12.5. The summed E-state index contributed by atoms with van der Waals surface area (Å²) < 4.78 is 11.7. The molecule has 2 rings (SSSR count). The standard InChI is InChI=1S/C12H14INO3/c1-16-9-4-3-7-8(5-6-15)12(13)14-10(7)11(9)17-2/h3-4,14-15H,5-6H2,1-2H3. The average molecular weight is 347 g/mol. The van der Waals surface area contributed by atoms with E-state index in [1.54, 1.807) is 14.2 Å². The molecule has 0 aliphatic carbocycles. The average Bonchev–Trinajstić information content (AvgIpc) is 2.65. The summed E-state index contributed by atoms with van der Waals surface area (Å²) in [5.74, 6) is 1.40. The van der Waals surface area contributed by atoms with Crippen molar-refractivity contribution in [3.63, 3.8) is 0 Å². The Morgan fingerprint density at radius 1 is 1.29 bits per heavy atom. The topological polar surface area (TPSA) is 54.5 Å². The van der Waals surface area contributed by atoms with E-state index in [0.29, 0.717) is 17.9 Å². The van der Waals surface area contributed by atoms with Gasteiger partial charge in [-0.1, -0.05) is 0 Å². The van der Waals surface area contributed by atoms with Crippen molar-refractivity contribution >= 4 is 33.5 Å². The lowest BCUT2D eigenvalue weighted by atomic mass is 10.1. The first-order chi connectivity index (χ1) is 8.22. The predicted molar refractivity (Wildman–Crippen MR) is 74.9 cm³/mol. The van der Waals surface area contributed by atoms with Crippen LogP contribution in [0.25, 0.3) is 10.9 Å². The van der Waals surface area contributed by atoms with E-state index >= 15 is 0 Å². The molecule has 2 aromatic rings. The predicted octanol–water partition coefficient (Wildman–Crippen LogP) is 2.32. The van der Waals surface area contributed by atoms with Crippen LogP contribution < -0.4 is 9.47 Å². The summed E-state index contributed by atoms with van der Waals surface area (Å²) in [7, 11) is 3.24. The molecule has 0 atom stereocenters. The number of aromatic amines is 1. The molecule has 1 aromatic heterocycles. The molecule has 1 aromatic carbocycles. The number of benzene rings is 1. The fourth-order valence-electron chi connectivity index (χ4n) is 1.96. The van der Waals surface area contributed by atoms with Crippen molar-refractivity contribution in [1.29, 1.82) is 0 Å². The van der Waals surface area contributed by atoms with Gasteiger partial charge in [-0.2, -0.15) is 0 Å². The minimum Gasteiger partial charge on any atom is -0.493 e. The van der Waals surface area contributed by atoms with Crippen LogP contribution in [-0.2, 0) is 6.42 Å². The van der Waals surface area contributed by atoms with Crippen LogP contribution in [0.4, 0.5) is 0 Å². The van der Waals surface area contributed by atoms with Crippen molar-refractivity contribution < 1.29 is 14.6 Å². The Kier molecular flexibility index (Phi) is 3.78. The highest BCUT2D eigenvalue weighted by Gasteiger charge is 2.15. The highest BCUT2D eigenvalue weighted by atomic mass is 127. The van der Waals surface area contributed by atoms with Gasteiger partial charge in [0.1, 0.15) is 0 Å². The van der Waals surface area contributed by atoms with Gasteiger partial charge in [0.05, 0.1) is 23.4 Å². The third kappa shape index (κ3) is 2.09. The largest absolute Gasteiger partial charge is 0.493 e. The first-order valence-electron chi connectivity index (χ1n) is 5.24. The quantitative estimate of drug-likeness (QED) is 0.835. The van der Waals surface area contributed by atoms with Crippen molar-refractivity contribution in [3.8, 4) is 11.5 Å². The number of ether oxygens (including phenoxy) is 2. The minimum atomic E-state index is 0.136. The Balaban J connectivity index is 2.70. The molecular formula is C12H14INO3. The molecule has 4 nitrogen and oxygen atoms in total. The molecule has 0 aliphatic rings. The van der Waals surface area contributed by atoms with Crippen LogP contribution in [0.3, 0.4) is 0 Å². The number of rotatable bonds is 4. The summed E-state index contributed by atoms with van der Waals surface area (Å²) >= 11 is 2.23. The molecule has 5 heteroatoms. The van der Waals surface area contributed by atoms with Crippen LogP contribution in [0.1, 0.15) is 5.56 Å². The molecule has 0 saturated heterocycles. The Labute approximate surface area is 113 Å². The van der Waals surface area contributed by atoms with Gasteiger partial charge in [-0.05, 0) is 46.7 Å². The van der Waals surface area contributed by atoms with Crippen LogP contribution in [0.5, 0.6) is 11.5 Å². The van der Waals surface area contributed by atoms with E-state index in [-0.39, 0.29) is 6.61 Å². The molecule has 0 radical (unpaired) electrons. The van der Waals surface area contributed by atoms with Gasteiger partial charge >= 0.3 is 0 Å². The highest BCUT2D eigenvalue weighted by molar-refractivity contribution is 14.1. The summed E-state index contributed by atoms with van der Waals surface area (Å²) in [6, 6.07) is 3.87. The molecule has 0 unspecified atom stereocenters. The molecule has 17 heavy (non-hydrogen) atoms. The monoisotopic (exact) mass is 347 g/mol. The van der Waals surface area contributed by atoms with E-state index in [2.05, 4.69) is 27.6 Å². The summed E-state index contributed by atoms with van der Waals surface area (Å²) in [6.07, 6.45) is 0.633. The number of aromatic nitrogens is 1. The van der Waals surface area contributed by atoms with Crippen LogP contribution in [-0.4, -0.2) is 30.9 Å². The molecular weight excluding hydrogens is 333 g/mol. The van der Waals surface area contributed by atoms with Crippen LogP contribution in [0.15, 0.2) is 12.1 Å². The number of aliphatic hydroxyl groups excluding tert-OH is 1. The number of methoxy groups -OCH3 is 2. The fourth-order valence-corrected chi connectivity index (χ4v) is 2.79. The maximum atomic E-state index is 9.08. The van der Waals surface area contributed by atoms with Gasteiger partial charge in [0, 0.05) is 12.0 Å². The Hall–Kier alpha value is -0.950. The Bertz CT molecular complexity index is 536. The maximum Gasteiger partial charge on any atom is 0.184 e. The Morgan fingerprint density at radius 3 is 2.65 bits per heavy atom. The highest BCUT2D eigenvalue weighted by Crippen LogP contribution is 2.37. The van der Waals surface area contributed by atoms with Crippen molar-refractivity contribution in [2.75, 3.05) is 20.8 Å². The number of aliphatic hydroxyl groups is 1. The zero-order valence-electron chi connectivity index (χ0n) is 9.71. The van der Waals surface area contributed by atoms with E-state index in [4.69, 9.17) is 14.6 Å². The third-order valence-electron chi connectivity index (χ3n) is 2.73. The normalized spacial score (nSPS) is 10.8. The summed E-state index contributed by atoms with van der Waals surface area (Å²) in [5, 5.41) is 10.1. The van der Waals surface area contributed by atoms with Crippen LogP contribution in [0.2, 0.25) is 0 Å². The number of halogens is 1. The van der Waals surface area contributed by atoms with Crippen molar-refractivity contribution in [1.82, 2.24) is 4.98 Å². The smallest absolute Gasteiger partial charge is 0.184 e. The number of fused-ring (bicyclic) bond motifs is 1. The van der Waals surface area contributed by atoms with E-state index in [0.717, 1.165) is 20.2 Å². The number of hydrogen-bond acceptors (Lipinski definition) is 3. The third-order valence-corrected chi connectivity index (χ3v) is 3.65. The second kappa shape index (κ2) is 5.14. The molecule has 92 valence electrons. The van der Waals surface area contributed by atoms with Gasteiger partial charge in [0.2, 0.25) is 0 Å². The maximum absolute atomic E-state index is 9.08. The van der Waals surface area contributed by atoms with Gasteiger partial charge in [-0.15, -0.1) is 0 Å². The van der Waals surface area contributed by atoms with Crippen LogP contribution in [0, 0.1) is 3.70 Å². The van der Waals surface area contributed by atoms with Gasteiger partial charge < -0.3 is 19.6 Å². The Morgan fingerprint density at radius 2 is 2.06 bits per heavy atom. The van der Waals surface area contributed by atoms with E-state index in [1.807, 2.05) is 12.1 Å². The van der Waals surface area contributed by atoms with Gasteiger partial charge in [0.25, 0.3) is 0 Å². The van der Waals surface area contributed by atoms with Crippen molar-refractivity contribution in [2.45, 2.75) is 6.42 Å². The van der Waals surface area contributed by atoms with Gasteiger partial charge in [0.15, 0.2) is 11.5 Å². The second-order valence-electron chi connectivity index (χ2n) is 3.61. The van der Waals surface area contributed by atoms with Crippen molar-refractivity contribution in [3.05, 3.63) is 21.4 Å². The van der Waals surface area contributed by atoms with E-state index in [9.17, 15) is 0 Å². The molecule has 0 saturated carbocycles. The van der Waals surface area contributed by atoms with E-state index in [1.165, 1.54) is 0 Å². The number of nitrogens with one attached hydrogen (secondary N) is 1. The number of hydrogen-bond donors (Lipinski definition) is 2. The first-order valence-corrected chi connectivity index (χ1v) is 6.32. The van der Waals surface area contributed by atoms with E-state index < -0.39 is 0 Å². The fraction of sp³-hybridized carbons (Fsp3) is 0.333. The van der Waals surface area contributed by atoms with Gasteiger partial charge in [-0.25, -0.2) is 0 Å². The van der Waals surface area contributed by atoms with Gasteiger partial charge in [-0.3, -0.25) is 0 Å². The summed E-state index contributed by atoms with van der Waals surface area (Å²) in [4.78, 5) is 3.28. The molecule has 1 heterocycles. The zero-order chi connectivity index (χ0) is 12.4. The second-order valence-corrected chi connectivity index (χ2v) is 4.69. The molecule has 0 amide bonds. The molecule has 0 aliphatic heterocycles. The molecule has 2 N–H and O–H groups in total. The molecule has 0 bridgehead atoms. The summed E-state index contributed by atoms with van der Waals surface area (Å²) in [6.45, 7) is 0.136. The SMILES string of the molecule is COc1ccc2c(CCO)c(I)[nH]c2c1OC. The lowest BCUT2D eigenvalue weighted by Crippen LogP contribution is -1.92. The minimum absolute atomic E-state index is 0.136. The lowest BCUT2D eigenvalue weighted by molar-refractivity contribution is 0.300. The summed E-state index contributed by atoms with van der Waals surface area (Å²) in [5.41, 5.74) is 2.03. The lowest BCUT2D eigenvalue weighted by Gasteiger charge is -2.08.